The van der Waals surface area contributed by atoms with Crippen LogP contribution in [-0.2, 0) is 14.3 Å². The van der Waals surface area contributed by atoms with Crippen LogP contribution in [0, 0.1) is 59.2 Å². The summed E-state index contributed by atoms with van der Waals surface area (Å²) >= 11 is 0. The summed E-state index contributed by atoms with van der Waals surface area (Å²) in [5, 5.41) is 50.2. The molecule has 284 valence electrons. The number of nitrogens with two attached hydrogens (primary N) is 1. The molecule has 0 spiro atoms. The second kappa shape index (κ2) is 19.6. The summed E-state index contributed by atoms with van der Waals surface area (Å²) in [6.07, 6.45) is 11.3. The molecule has 10 heteroatoms. The Morgan fingerprint density at radius 1 is 0.920 bits per heavy atom. The van der Waals surface area contributed by atoms with Crippen molar-refractivity contribution in [3.8, 4) is 11.8 Å². The van der Waals surface area contributed by atoms with E-state index in [-0.39, 0.29) is 48.5 Å². The largest absolute Gasteiger partial charge is 0.396 e. The van der Waals surface area contributed by atoms with Crippen molar-refractivity contribution in [2.75, 3.05) is 26.8 Å². The first-order valence-electron chi connectivity index (χ1n) is 20.1. The molecule has 2 aliphatic heterocycles. The third-order valence-electron chi connectivity index (χ3n) is 13.4. The fourth-order valence-electron chi connectivity index (χ4n) is 10.3. The summed E-state index contributed by atoms with van der Waals surface area (Å²) in [7, 11) is 1.63. The van der Waals surface area contributed by atoms with Crippen LogP contribution >= 0.6 is 0 Å². The number of aliphatic hydroxyl groups excluding tert-OH is 4. The first-order valence-corrected chi connectivity index (χ1v) is 20.1. The second-order valence-electron chi connectivity index (χ2n) is 16.7. The number of piperidine rings is 2. The Hall–Kier alpha value is -1.42. The minimum absolute atomic E-state index is 0.00835. The summed E-state index contributed by atoms with van der Waals surface area (Å²) in [5.41, 5.74) is 6.09. The van der Waals surface area contributed by atoms with Gasteiger partial charge in [-0.25, -0.2) is 0 Å². The van der Waals surface area contributed by atoms with Gasteiger partial charge in [0, 0.05) is 44.9 Å². The van der Waals surface area contributed by atoms with Crippen LogP contribution in [0.3, 0.4) is 0 Å². The summed E-state index contributed by atoms with van der Waals surface area (Å²) in [6, 6.07) is 0.287. The normalized spacial score (nSPS) is 38.3. The Morgan fingerprint density at radius 3 is 2.50 bits per heavy atom. The molecule has 5 rings (SSSR count). The maximum Gasteiger partial charge on any atom is 0.150 e. The second-order valence-corrected chi connectivity index (χ2v) is 16.7. The van der Waals surface area contributed by atoms with E-state index < -0.39 is 24.2 Å². The van der Waals surface area contributed by atoms with Gasteiger partial charge in [-0.1, -0.05) is 18.3 Å². The quantitative estimate of drug-likeness (QED) is 0.126. The summed E-state index contributed by atoms with van der Waals surface area (Å²) < 4.78 is 5.63. The first kappa shape index (κ1) is 39.8. The number of ketones is 2. The minimum Gasteiger partial charge on any atom is -0.396 e. The van der Waals surface area contributed by atoms with Gasteiger partial charge in [0.05, 0.1) is 30.6 Å². The Labute approximate surface area is 300 Å². The predicted octanol–water partition coefficient (Wildman–Crippen LogP) is 3.07. The molecule has 14 atom stereocenters. The van der Waals surface area contributed by atoms with Crippen LogP contribution in [0.1, 0.15) is 116 Å². The highest BCUT2D eigenvalue weighted by atomic mass is 16.5. The van der Waals surface area contributed by atoms with Gasteiger partial charge in [-0.15, -0.1) is 0 Å². The number of Topliss-reactive ketones (excluding diaryl/α,β-unsaturated/α-hetero) is 2. The lowest BCUT2D eigenvalue weighted by molar-refractivity contribution is -0.125. The maximum atomic E-state index is 13.6. The average Bonchev–Trinajstić information content (AvgIpc) is 3.16. The van der Waals surface area contributed by atoms with Crippen molar-refractivity contribution < 1.29 is 34.8 Å². The molecule has 2 saturated heterocycles. The number of carbonyl (C=O) groups excluding carboxylic acids is 2. The molecule has 0 aromatic heterocycles. The number of hydrogen-bond donors (Lipinski definition) is 7. The number of rotatable bonds is 15. The number of methoxy groups -OCH3 is 1. The van der Waals surface area contributed by atoms with E-state index in [1.54, 1.807) is 7.11 Å². The highest BCUT2D eigenvalue weighted by molar-refractivity contribution is 5.84. The molecule has 0 bridgehead atoms. The van der Waals surface area contributed by atoms with Crippen molar-refractivity contribution >= 4 is 11.6 Å². The van der Waals surface area contributed by atoms with Crippen molar-refractivity contribution in [1.29, 1.82) is 0 Å². The van der Waals surface area contributed by atoms with E-state index in [0.717, 1.165) is 70.9 Å². The van der Waals surface area contributed by atoms with Crippen LogP contribution in [0.15, 0.2) is 0 Å². The predicted molar refractivity (Wildman–Crippen MR) is 192 cm³/mol. The molecule has 3 aliphatic carbocycles. The number of nitrogens with one attached hydrogen (secondary N) is 2. The van der Waals surface area contributed by atoms with Gasteiger partial charge in [0.2, 0.25) is 0 Å². The van der Waals surface area contributed by atoms with Crippen molar-refractivity contribution in [2.24, 2.45) is 53.1 Å². The van der Waals surface area contributed by atoms with Crippen LogP contribution in [0.4, 0.5) is 0 Å². The minimum atomic E-state index is -0.858. The van der Waals surface area contributed by atoms with Crippen LogP contribution in [0.5, 0.6) is 0 Å². The van der Waals surface area contributed by atoms with E-state index in [0.29, 0.717) is 87.2 Å². The number of hydrogen-bond acceptors (Lipinski definition) is 10. The summed E-state index contributed by atoms with van der Waals surface area (Å²) in [5.74, 6) is 8.32. The fraction of sp³-hybridized carbons (Fsp3) is 0.900. The molecule has 0 amide bonds. The van der Waals surface area contributed by atoms with Crippen molar-refractivity contribution in [2.45, 2.75) is 152 Å². The molecule has 10 nitrogen and oxygen atoms in total. The van der Waals surface area contributed by atoms with Crippen LogP contribution in [-0.4, -0.2) is 95.4 Å². The lowest BCUT2D eigenvalue weighted by atomic mass is 9.68. The summed E-state index contributed by atoms with van der Waals surface area (Å²) in [4.78, 5) is 25.6. The Balaban J connectivity index is 1.19. The fourth-order valence-corrected chi connectivity index (χ4v) is 10.3. The molecular formula is C40H67N3O7. The zero-order chi connectivity index (χ0) is 35.6. The molecule has 4 fully saturated rings. The number of aliphatic hydroxyl groups is 4. The topological polar surface area (TPSA) is 174 Å². The smallest absolute Gasteiger partial charge is 0.150 e. The molecule has 5 aliphatic rings. The van der Waals surface area contributed by atoms with Crippen LogP contribution in [0.2, 0.25) is 0 Å². The van der Waals surface area contributed by atoms with E-state index in [4.69, 9.17) is 10.5 Å². The molecule has 14 unspecified atom stereocenters. The van der Waals surface area contributed by atoms with Gasteiger partial charge < -0.3 is 41.5 Å². The zero-order valence-electron chi connectivity index (χ0n) is 30.5. The van der Waals surface area contributed by atoms with Gasteiger partial charge in [-0.2, -0.15) is 0 Å². The van der Waals surface area contributed by atoms with Crippen molar-refractivity contribution in [3.63, 3.8) is 0 Å². The molecule has 50 heavy (non-hydrogen) atoms. The van der Waals surface area contributed by atoms with E-state index in [2.05, 4.69) is 22.5 Å². The molecule has 0 aromatic rings. The van der Waals surface area contributed by atoms with Gasteiger partial charge in [0.1, 0.15) is 17.5 Å². The molecule has 8 N–H and O–H groups in total. The monoisotopic (exact) mass is 701 g/mol. The molecule has 2 heterocycles. The van der Waals surface area contributed by atoms with Gasteiger partial charge >= 0.3 is 0 Å². The third kappa shape index (κ3) is 11.1. The van der Waals surface area contributed by atoms with Gasteiger partial charge in [0.25, 0.3) is 0 Å². The Morgan fingerprint density at radius 2 is 1.72 bits per heavy atom. The van der Waals surface area contributed by atoms with Crippen LogP contribution in [0.25, 0.3) is 0 Å². The molecule has 0 aromatic carbocycles. The summed E-state index contributed by atoms with van der Waals surface area (Å²) in [6.45, 7) is 1.91. The van der Waals surface area contributed by atoms with Gasteiger partial charge in [-0.05, 0) is 138 Å². The number of fused-ring (bicyclic) bond motifs is 2. The van der Waals surface area contributed by atoms with Gasteiger partial charge in [0.15, 0.2) is 0 Å². The average molecular weight is 702 g/mol. The molecule has 2 saturated carbocycles. The highest BCUT2D eigenvalue weighted by Crippen LogP contribution is 2.42. The van der Waals surface area contributed by atoms with E-state index >= 15 is 0 Å². The molecular weight excluding hydrogens is 634 g/mol. The van der Waals surface area contributed by atoms with E-state index in [1.165, 1.54) is 0 Å². The maximum absolute atomic E-state index is 13.6. The lowest BCUT2D eigenvalue weighted by Crippen LogP contribution is -2.50. The Bertz CT molecular complexity index is 1140. The van der Waals surface area contributed by atoms with Crippen LogP contribution < -0.4 is 16.4 Å². The Kier molecular flexibility index (Phi) is 15.6. The standard InChI is InChI=1S/C40H67N3O7/c1-50-39-21-28-9-14-37(48)33(36(47)4-2-3-26(16-18-44)30-20-29-7-12-32(46)22-35(29)43-24-30)13-8-27(34(28)23-38(39)49)6-11-31(45)10-5-25-15-17-42-40(41)19-25/h25-31,33-36,38-40,42-45,47,49H,2-7,9-12,14-24,41H2,1H3. The highest BCUT2D eigenvalue weighted by Gasteiger charge is 2.42. The van der Waals surface area contributed by atoms with E-state index in [9.17, 15) is 30.0 Å². The first-order chi connectivity index (χ1) is 24.1. The lowest BCUT2D eigenvalue weighted by Gasteiger charge is -2.42. The van der Waals surface area contributed by atoms with Crippen molar-refractivity contribution in [1.82, 2.24) is 10.6 Å². The van der Waals surface area contributed by atoms with Gasteiger partial charge in [-0.3, -0.25) is 9.59 Å². The number of carbonyl (C=O) groups is 2. The molecule has 0 radical (unpaired) electrons. The van der Waals surface area contributed by atoms with E-state index in [1.807, 2.05) is 0 Å². The number of ether oxygens (including phenoxy) is 1. The third-order valence-corrected chi connectivity index (χ3v) is 13.4. The SMILES string of the molecule is COC1CC2CCC(=O)C(C(O)CCCC(CCO)C3CNC4CC(=O)CCC4C3)C#CC(CCC(O)CCC3CCNC(N)C3)C2CC1O. The van der Waals surface area contributed by atoms with Crippen molar-refractivity contribution in [3.05, 3.63) is 0 Å². The zero-order valence-corrected chi connectivity index (χ0v) is 30.5.